The molecule has 1 spiro atoms. The Hall–Kier alpha value is -4.57. The topological polar surface area (TPSA) is 103 Å². The van der Waals surface area contributed by atoms with Gasteiger partial charge >= 0.3 is 0 Å². The molecule has 0 unspecified atom stereocenters. The monoisotopic (exact) mass is 616 g/mol. The number of aryl methyl sites for hydroxylation is 1. The van der Waals surface area contributed by atoms with Crippen molar-refractivity contribution in [2.24, 2.45) is 12.5 Å². The molecule has 0 bridgehead atoms. The van der Waals surface area contributed by atoms with Gasteiger partial charge in [-0.15, -0.1) is 0 Å². The Balaban J connectivity index is 0.888. The number of likely N-dealkylation sites (tertiary alicyclic amines) is 1. The SMILES string of the molecule is Cn1cnc(-c2ccc(C3=CCN(C(=O)CN4CC[C@]5(CCN(c6ccc7[nH]nc(C8=CCCCC8)c7c6)C5=O)C4)CC3)cc2)n1. The van der Waals surface area contributed by atoms with E-state index in [0.717, 1.165) is 72.3 Å². The number of benzene rings is 2. The van der Waals surface area contributed by atoms with Crippen molar-refractivity contribution < 1.29 is 9.59 Å². The molecule has 46 heavy (non-hydrogen) atoms. The quantitative estimate of drug-likeness (QED) is 0.325. The summed E-state index contributed by atoms with van der Waals surface area (Å²) in [5.41, 5.74) is 7.30. The van der Waals surface area contributed by atoms with Crippen LogP contribution in [0.3, 0.4) is 0 Å². The lowest BCUT2D eigenvalue weighted by Crippen LogP contribution is -2.43. The molecule has 1 N–H and O–H groups in total. The fourth-order valence-corrected chi connectivity index (χ4v) is 7.76. The van der Waals surface area contributed by atoms with Crippen LogP contribution < -0.4 is 4.90 Å². The van der Waals surface area contributed by atoms with Crippen LogP contribution in [0.5, 0.6) is 0 Å². The normalized spacial score (nSPS) is 22.2. The number of nitrogens with zero attached hydrogens (tertiary/aromatic N) is 7. The molecule has 8 rings (SSSR count). The molecular formula is C36H40N8O2. The van der Waals surface area contributed by atoms with Crippen LogP contribution in [0, 0.1) is 5.41 Å². The van der Waals surface area contributed by atoms with Crippen LogP contribution >= 0.6 is 0 Å². The van der Waals surface area contributed by atoms with Gasteiger partial charge in [0, 0.05) is 49.9 Å². The third kappa shape index (κ3) is 5.24. The van der Waals surface area contributed by atoms with Gasteiger partial charge in [-0.05, 0) is 86.4 Å². The number of carbonyl (C=O) groups is 2. The molecule has 0 saturated carbocycles. The van der Waals surface area contributed by atoms with E-state index in [2.05, 4.69) is 73.7 Å². The number of amides is 2. The summed E-state index contributed by atoms with van der Waals surface area (Å²) in [4.78, 5) is 37.8. The van der Waals surface area contributed by atoms with Crippen LogP contribution in [0.2, 0.25) is 0 Å². The summed E-state index contributed by atoms with van der Waals surface area (Å²) >= 11 is 0. The smallest absolute Gasteiger partial charge is 0.237 e. The van der Waals surface area contributed by atoms with Gasteiger partial charge < -0.3 is 9.80 Å². The zero-order valence-corrected chi connectivity index (χ0v) is 26.4. The molecule has 5 heterocycles. The summed E-state index contributed by atoms with van der Waals surface area (Å²) in [5.74, 6) is 1.05. The minimum absolute atomic E-state index is 0.140. The number of aromatic nitrogens is 5. The van der Waals surface area contributed by atoms with Crippen molar-refractivity contribution in [2.75, 3.05) is 44.2 Å². The average molecular weight is 617 g/mol. The van der Waals surface area contributed by atoms with E-state index in [9.17, 15) is 9.59 Å². The van der Waals surface area contributed by atoms with Crippen LogP contribution in [0.1, 0.15) is 56.2 Å². The van der Waals surface area contributed by atoms with Gasteiger partial charge in [-0.2, -0.15) is 10.2 Å². The van der Waals surface area contributed by atoms with E-state index in [1.165, 1.54) is 29.6 Å². The van der Waals surface area contributed by atoms with E-state index in [1.807, 2.05) is 22.9 Å². The first-order chi connectivity index (χ1) is 22.5. The predicted octanol–water partition coefficient (Wildman–Crippen LogP) is 5.06. The molecule has 1 aliphatic carbocycles. The van der Waals surface area contributed by atoms with Crippen LogP contribution in [0.25, 0.3) is 33.4 Å². The van der Waals surface area contributed by atoms with Crippen LogP contribution in [-0.4, -0.2) is 85.8 Å². The number of hydrogen-bond acceptors (Lipinski definition) is 6. The minimum atomic E-state index is -0.410. The molecule has 1 atom stereocenters. The molecule has 2 saturated heterocycles. The summed E-state index contributed by atoms with van der Waals surface area (Å²) in [6.45, 7) is 3.81. The van der Waals surface area contributed by atoms with Gasteiger partial charge in [0.15, 0.2) is 5.82 Å². The number of aromatic amines is 1. The Morgan fingerprint density at radius 1 is 0.957 bits per heavy atom. The number of rotatable bonds is 6. The molecule has 4 aromatic rings. The molecule has 2 aromatic heterocycles. The van der Waals surface area contributed by atoms with Gasteiger partial charge in [0.05, 0.1) is 23.2 Å². The molecule has 2 amide bonds. The average Bonchev–Trinajstić information content (AvgIpc) is 3.89. The zero-order chi connectivity index (χ0) is 31.3. The minimum Gasteiger partial charge on any atom is -0.338 e. The first-order valence-electron chi connectivity index (χ1n) is 16.6. The molecule has 4 aliphatic rings. The van der Waals surface area contributed by atoms with Crippen molar-refractivity contribution in [3.8, 4) is 11.4 Å². The van der Waals surface area contributed by atoms with E-state index in [-0.39, 0.29) is 11.8 Å². The fraction of sp³-hybridized carbons (Fsp3) is 0.417. The molecule has 236 valence electrons. The summed E-state index contributed by atoms with van der Waals surface area (Å²) in [7, 11) is 1.86. The zero-order valence-electron chi connectivity index (χ0n) is 26.4. The van der Waals surface area contributed by atoms with Crippen LogP contribution in [-0.2, 0) is 16.6 Å². The van der Waals surface area contributed by atoms with Crippen molar-refractivity contribution in [1.82, 2.24) is 34.8 Å². The molecular weight excluding hydrogens is 576 g/mol. The number of hydrogen-bond donors (Lipinski definition) is 1. The maximum absolute atomic E-state index is 14.0. The van der Waals surface area contributed by atoms with Gasteiger partial charge in [0.2, 0.25) is 11.8 Å². The van der Waals surface area contributed by atoms with Crippen molar-refractivity contribution in [3.63, 3.8) is 0 Å². The van der Waals surface area contributed by atoms with E-state index < -0.39 is 5.41 Å². The first-order valence-corrected chi connectivity index (χ1v) is 16.6. The second-order valence-corrected chi connectivity index (χ2v) is 13.4. The van der Waals surface area contributed by atoms with Gasteiger partial charge in [-0.1, -0.05) is 36.4 Å². The van der Waals surface area contributed by atoms with Crippen LogP contribution in [0.4, 0.5) is 5.69 Å². The van der Waals surface area contributed by atoms with Crippen molar-refractivity contribution in [3.05, 3.63) is 72.2 Å². The maximum atomic E-state index is 14.0. The summed E-state index contributed by atoms with van der Waals surface area (Å²) in [5, 5.41) is 13.3. The lowest BCUT2D eigenvalue weighted by atomic mass is 9.85. The lowest BCUT2D eigenvalue weighted by molar-refractivity contribution is -0.132. The summed E-state index contributed by atoms with van der Waals surface area (Å²) in [6.07, 6.45) is 13.2. The number of fused-ring (bicyclic) bond motifs is 1. The van der Waals surface area contributed by atoms with Crippen molar-refractivity contribution in [1.29, 1.82) is 0 Å². The number of carbonyl (C=O) groups excluding carboxylic acids is 2. The highest BCUT2D eigenvalue weighted by atomic mass is 16.2. The number of anilines is 1. The number of allylic oxidation sites excluding steroid dienone is 2. The Labute approximate surface area is 268 Å². The third-order valence-electron chi connectivity index (χ3n) is 10.4. The largest absolute Gasteiger partial charge is 0.338 e. The summed E-state index contributed by atoms with van der Waals surface area (Å²) in [6, 6.07) is 14.6. The Morgan fingerprint density at radius 3 is 2.57 bits per heavy atom. The standard InChI is InChI=1S/C36H40N8O2/c1-41-24-37-34(40-41)28-9-7-25(8-10-28)26-13-17-43(18-14-26)32(45)22-42-19-15-36(23-42)16-20-44(35(36)46)29-11-12-31-30(21-29)33(39-38-31)27-5-3-2-4-6-27/h5,7-13,21,24H,2-4,6,14-20,22-23H2,1H3,(H,38,39)/t36-/m0/s1. The number of nitrogens with one attached hydrogen (secondary N) is 1. The van der Waals surface area contributed by atoms with Gasteiger partial charge in [0.25, 0.3) is 0 Å². The van der Waals surface area contributed by atoms with Crippen molar-refractivity contribution >= 4 is 39.6 Å². The lowest BCUT2D eigenvalue weighted by Gasteiger charge is -2.29. The highest BCUT2D eigenvalue weighted by Gasteiger charge is 2.51. The van der Waals surface area contributed by atoms with E-state index in [4.69, 9.17) is 0 Å². The van der Waals surface area contributed by atoms with E-state index in [1.54, 1.807) is 11.0 Å². The molecule has 2 aromatic carbocycles. The van der Waals surface area contributed by atoms with E-state index in [0.29, 0.717) is 32.7 Å². The molecule has 10 nitrogen and oxygen atoms in total. The van der Waals surface area contributed by atoms with Crippen LogP contribution in [0.15, 0.2) is 60.9 Å². The predicted molar refractivity (Wildman–Crippen MR) is 179 cm³/mol. The van der Waals surface area contributed by atoms with Gasteiger partial charge in [-0.3, -0.25) is 24.3 Å². The Morgan fingerprint density at radius 2 is 1.80 bits per heavy atom. The highest BCUT2D eigenvalue weighted by Crippen LogP contribution is 2.43. The van der Waals surface area contributed by atoms with E-state index >= 15 is 0 Å². The number of H-pyrrole nitrogens is 1. The second-order valence-electron chi connectivity index (χ2n) is 13.4. The molecule has 3 aliphatic heterocycles. The molecule has 0 radical (unpaired) electrons. The maximum Gasteiger partial charge on any atom is 0.237 e. The molecule has 2 fully saturated rings. The Kier molecular flexibility index (Phi) is 7.32. The first kappa shape index (κ1) is 28.9. The van der Waals surface area contributed by atoms with Gasteiger partial charge in [0.1, 0.15) is 6.33 Å². The fourth-order valence-electron chi connectivity index (χ4n) is 7.76. The highest BCUT2D eigenvalue weighted by molar-refractivity contribution is 6.02. The van der Waals surface area contributed by atoms with Crippen molar-refractivity contribution in [2.45, 2.75) is 44.9 Å². The summed E-state index contributed by atoms with van der Waals surface area (Å²) < 4.78 is 1.70. The molecule has 10 heteroatoms. The Bertz CT molecular complexity index is 1870. The van der Waals surface area contributed by atoms with Gasteiger partial charge in [-0.25, -0.2) is 4.98 Å². The second kappa shape index (κ2) is 11.7. The third-order valence-corrected chi connectivity index (χ3v) is 10.4.